The Morgan fingerprint density at radius 1 is 0.500 bits per heavy atom. The van der Waals surface area contributed by atoms with E-state index >= 15 is 0 Å². The first-order chi connectivity index (χ1) is 20.3. The van der Waals surface area contributed by atoms with Crippen LogP contribution >= 0.6 is 0 Å². The smallest absolute Gasteiger partial charge is 0.334 e. The zero-order valence-corrected chi connectivity index (χ0v) is 26.6. The Bertz CT molecular complexity index is 542. The van der Waals surface area contributed by atoms with Gasteiger partial charge in [-0.15, -0.1) is 0 Å². The molecule has 0 saturated heterocycles. The molecule has 0 saturated carbocycles. The molecule has 1 unspecified atom stereocenters. The van der Waals surface area contributed by atoms with Gasteiger partial charge in [-0.3, -0.25) is 0 Å². The molecule has 0 aromatic carbocycles. The molecule has 254 valence electrons. The molecule has 10 nitrogen and oxygen atoms in total. The van der Waals surface area contributed by atoms with Gasteiger partial charge in [-0.1, -0.05) is 122 Å². The molecule has 8 N–H and O–H groups in total. The molecule has 0 aliphatic heterocycles. The third-order valence-corrected chi connectivity index (χ3v) is 7.97. The minimum atomic E-state index is -1.26. The van der Waals surface area contributed by atoms with Gasteiger partial charge in [0, 0.05) is 0 Å². The van der Waals surface area contributed by atoms with Gasteiger partial charge in [0.15, 0.2) is 6.10 Å². The van der Waals surface area contributed by atoms with E-state index in [1.165, 1.54) is 96.3 Å². The van der Waals surface area contributed by atoms with Gasteiger partial charge >= 0.3 is 5.97 Å². The largest absolute Gasteiger partial charge is 0.463 e. The maximum absolute atomic E-state index is 11.8. The Kier molecular flexibility index (Phi) is 31.1. The fraction of sp³-hybridized carbons (Fsp3) is 0.969. The van der Waals surface area contributed by atoms with Crippen molar-refractivity contribution < 1.29 is 50.4 Å². The number of ether oxygens (including phenoxy) is 1. The number of carbonyl (C=O) groups excluding carboxylic acids is 1. The van der Waals surface area contributed by atoms with Crippen molar-refractivity contribution in [1.82, 2.24) is 0 Å². The van der Waals surface area contributed by atoms with Crippen molar-refractivity contribution in [2.24, 2.45) is 10.8 Å². The monoisotopic (exact) mass is 610 g/mol. The number of aliphatic hydroxyl groups excluding tert-OH is 8. The van der Waals surface area contributed by atoms with E-state index in [-0.39, 0.29) is 6.61 Å². The van der Waals surface area contributed by atoms with Crippen molar-refractivity contribution in [3.05, 3.63) is 0 Å². The van der Waals surface area contributed by atoms with E-state index in [0.29, 0.717) is 6.42 Å². The molecule has 0 amide bonds. The van der Waals surface area contributed by atoms with Gasteiger partial charge in [0.1, 0.15) is 6.61 Å². The third kappa shape index (κ3) is 22.7. The summed E-state index contributed by atoms with van der Waals surface area (Å²) in [6, 6.07) is 0. The van der Waals surface area contributed by atoms with Crippen LogP contribution in [0.3, 0.4) is 0 Å². The van der Waals surface area contributed by atoms with Crippen LogP contribution in [-0.2, 0) is 9.53 Å². The van der Waals surface area contributed by atoms with Gasteiger partial charge in [-0.05, 0) is 6.42 Å². The van der Waals surface area contributed by atoms with E-state index in [1.54, 1.807) is 0 Å². The molecule has 0 fully saturated rings. The van der Waals surface area contributed by atoms with Crippen molar-refractivity contribution >= 4 is 5.97 Å². The minimum Gasteiger partial charge on any atom is -0.463 e. The zero-order valence-electron chi connectivity index (χ0n) is 26.6. The minimum absolute atomic E-state index is 0.314. The second kappa shape index (κ2) is 30.2. The average Bonchev–Trinajstić information content (AvgIpc) is 3.03. The molecular weight excluding hydrogens is 544 g/mol. The molecule has 1 atom stereocenters. The number of hydrogen-bond donors (Lipinski definition) is 8. The first-order valence-corrected chi connectivity index (χ1v) is 16.4. The highest BCUT2D eigenvalue weighted by molar-refractivity contribution is 5.74. The number of esters is 1. The summed E-state index contributed by atoms with van der Waals surface area (Å²) in [5, 5.41) is 71.6. The van der Waals surface area contributed by atoms with Crippen LogP contribution in [0.25, 0.3) is 0 Å². The van der Waals surface area contributed by atoms with Gasteiger partial charge in [0.2, 0.25) is 0 Å². The van der Waals surface area contributed by atoms with Gasteiger partial charge in [-0.25, -0.2) is 4.79 Å². The van der Waals surface area contributed by atoms with E-state index in [4.69, 9.17) is 25.2 Å². The third-order valence-electron chi connectivity index (χ3n) is 7.97. The maximum Gasteiger partial charge on any atom is 0.334 e. The molecule has 10 heteroatoms. The summed E-state index contributed by atoms with van der Waals surface area (Å²) in [5.41, 5.74) is -2.37. The van der Waals surface area contributed by atoms with Crippen LogP contribution < -0.4 is 0 Å². The number of carbonyl (C=O) groups is 1. The normalized spacial score (nSPS) is 12.6. The predicted octanol–water partition coefficient (Wildman–Crippen LogP) is 3.23. The van der Waals surface area contributed by atoms with Gasteiger partial charge in [-0.2, -0.15) is 0 Å². The zero-order chi connectivity index (χ0) is 32.0. The molecule has 0 spiro atoms. The Hall–Kier alpha value is -0.850. The summed E-state index contributed by atoms with van der Waals surface area (Å²) in [7, 11) is 0. The fourth-order valence-corrected chi connectivity index (χ4v) is 4.26. The van der Waals surface area contributed by atoms with Gasteiger partial charge in [0.05, 0.1) is 57.1 Å². The summed E-state index contributed by atoms with van der Waals surface area (Å²) < 4.78 is 4.96. The summed E-state index contributed by atoms with van der Waals surface area (Å²) >= 11 is 0. The maximum atomic E-state index is 11.8. The van der Waals surface area contributed by atoms with Crippen LogP contribution in [0.15, 0.2) is 0 Å². The van der Waals surface area contributed by atoms with Crippen molar-refractivity contribution in [1.29, 1.82) is 0 Å². The highest BCUT2D eigenvalue weighted by Crippen LogP contribution is 2.17. The molecule has 0 heterocycles. The molecule has 0 rings (SSSR count). The molecule has 42 heavy (non-hydrogen) atoms. The summed E-state index contributed by atoms with van der Waals surface area (Å²) in [4.78, 5) is 11.8. The Morgan fingerprint density at radius 2 is 0.786 bits per heavy atom. The van der Waals surface area contributed by atoms with Crippen LogP contribution in [0.5, 0.6) is 0 Å². The summed E-state index contributed by atoms with van der Waals surface area (Å²) in [6.45, 7) is -1.16. The van der Waals surface area contributed by atoms with Gasteiger partial charge in [0.25, 0.3) is 0 Å². The van der Waals surface area contributed by atoms with Crippen LogP contribution in [0, 0.1) is 10.8 Å². The molecule has 0 aromatic heterocycles. The van der Waals surface area contributed by atoms with Crippen molar-refractivity contribution in [3.8, 4) is 0 Å². The lowest BCUT2D eigenvalue weighted by molar-refractivity contribution is -0.161. The molecule has 0 aliphatic carbocycles. The van der Waals surface area contributed by atoms with Crippen LogP contribution in [0.1, 0.15) is 129 Å². The van der Waals surface area contributed by atoms with E-state index in [9.17, 15) is 25.2 Å². The Balaban J connectivity index is 0. The molecule has 0 aromatic rings. The standard InChI is InChI=1S/C27H54O6.C5H12O4/c1-2-3-4-5-6-7-8-9-10-11-12-13-14-15-16-17-18-19-20-25(31)26(32)33-24-27(21-28,22-29)23-30;6-1-5(2-7,3-8)4-9/h25,28-31H,2-24H2,1H3;6-9H,1-4H2. The number of aliphatic hydroxyl groups is 8. The van der Waals surface area contributed by atoms with E-state index in [0.717, 1.165) is 19.3 Å². The first-order valence-electron chi connectivity index (χ1n) is 16.4. The SMILES string of the molecule is CCCCCCCCCCCCCCCCCCCCC(O)C(=O)OCC(CO)(CO)CO.OCC(CO)(CO)CO. The number of rotatable bonds is 29. The Morgan fingerprint density at radius 3 is 1.05 bits per heavy atom. The number of unbranched alkanes of at least 4 members (excludes halogenated alkanes) is 17. The van der Waals surface area contributed by atoms with Gasteiger partial charge < -0.3 is 45.6 Å². The molecule has 0 aliphatic rings. The van der Waals surface area contributed by atoms with Crippen LogP contribution in [0.2, 0.25) is 0 Å². The van der Waals surface area contributed by atoms with Crippen molar-refractivity contribution in [2.75, 3.05) is 52.9 Å². The fourth-order valence-electron chi connectivity index (χ4n) is 4.26. The van der Waals surface area contributed by atoms with E-state index in [1.807, 2.05) is 0 Å². The number of hydrogen-bond acceptors (Lipinski definition) is 10. The lowest BCUT2D eigenvalue weighted by atomic mass is 9.92. The highest BCUT2D eigenvalue weighted by atomic mass is 16.5. The second-order valence-corrected chi connectivity index (χ2v) is 12.0. The van der Waals surface area contributed by atoms with Crippen LogP contribution in [-0.4, -0.2) is 106 Å². The summed E-state index contributed by atoms with van der Waals surface area (Å²) in [5.74, 6) is -0.762. The average molecular weight is 611 g/mol. The first kappa shape index (κ1) is 43.3. The Labute approximate surface area is 255 Å². The molecule has 0 bridgehead atoms. The molecular formula is C32H66O10. The van der Waals surface area contributed by atoms with E-state index in [2.05, 4.69) is 6.92 Å². The van der Waals surface area contributed by atoms with Crippen LogP contribution in [0.4, 0.5) is 0 Å². The van der Waals surface area contributed by atoms with Crippen molar-refractivity contribution in [2.45, 2.75) is 135 Å². The second-order valence-electron chi connectivity index (χ2n) is 12.0. The lowest BCUT2D eigenvalue weighted by Crippen LogP contribution is -2.40. The topological polar surface area (TPSA) is 188 Å². The van der Waals surface area contributed by atoms with Crippen molar-refractivity contribution in [3.63, 3.8) is 0 Å². The molecule has 0 radical (unpaired) electrons. The predicted molar refractivity (Wildman–Crippen MR) is 165 cm³/mol. The lowest BCUT2D eigenvalue weighted by Gasteiger charge is -2.26. The quantitative estimate of drug-likeness (QED) is 0.0461. The van der Waals surface area contributed by atoms with E-state index < -0.39 is 69.2 Å². The highest BCUT2D eigenvalue weighted by Gasteiger charge is 2.31. The summed E-state index contributed by atoms with van der Waals surface area (Å²) in [6.07, 6.45) is 22.4.